The third-order valence-corrected chi connectivity index (χ3v) is 10.2. The van der Waals surface area contributed by atoms with E-state index < -0.39 is 21.2 Å². The number of piperidine rings is 1. The van der Waals surface area contributed by atoms with Crippen molar-refractivity contribution < 1.29 is 27.4 Å². The van der Waals surface area contributed by atoms with Gasteiger partial charge < -0.3 is 19.2 Å². The molecule has 2 atom stereocenters. The number of carbonyl (C=O) groups excluding carboxylic acids is 1. The zero-order chi connectivity index (χ0) is 29.9. The second-order valence-electron chi connectivity index (χ2n) is 11.7. The number of hydrogen-bond donors (Lipinski definition) is 2. The van der Waals surface area contributed by atoms with Crippen molar-refractivity contribution in [2.75, 3.05) is 26.9 Å². The predicted octanol–water partition coefficient (Wildman–Crippen LogP) is 5.63. The van der Waals surface area contributed by atoms with E-state index in [9.17, 15) is 13.2 Å². The van der Waals surface area contributed by atoms with Crippen LogP contribution in [0.1, 0.15) is 85.5 Å². The van der Waals surface area contributed by atoms with Gasteiger partial charge in [0.1, 0.15) is 11.5 Å². The summed E-state index contributed by atoms with van der Waals surface area (Å²) in [4.78, 5) is 18.8. The van der Waals surface area contributed by atoms with Crippen LogP contribution < -0.4 is 14.2 Å². The fourth-order valence-electron chi connectivity index (χ4n) is 6.00. The van der Waals surface area contributed by atoms with Crippen LogP contribution in [0.25, 0.3) is 10.9 Å². The van der Waals surface area contributed by atoms with E-state index >= 15 is 0 Å². The van der Waals surface area contributed by atoms with Crippen molar-refractivity contribution in [3.8, 4) is 11.5 Å². The number of ether oxygens (including phenoxy) is 3. The lowest BCUT2D eigenvalue weighted by molar-refractivity contribution is -0.0203. The Balaban J connectivity index is 1.53. The minimum absolute atomic E-state index is 0.0315. The lowest BCUT2D eigenvalue weighted by atomic mass is 9.90. The van der Waals surface area contributed by atoms with Gasteiger partial charge in [0.15, 0.2) is 0 Å². The molecule has 3 heterocycles. The molecule has 0 spiro atoms. The summed E-state index contributed by atoms with van der Waals surface area (Å²) in [6.07, 6.45) is 7.82. The number of rotatable bonds is 6. The number of fused-ring (bicyclic) bond motifs is 5. The van der Waals surface area contributed by atoms with Gasteiger partial charge in [-0.25, -0.2) is 13.1 Å². The molecule has 2 aliphatic heterocycles. The number of H-pyrrole nitrogens is 1. The second-order valence-corrected chi connectivity index (χ2v) is 13.9. The number of methoxy groups -OCH3 is 1. The van der Waals surface area contributed by atoms with Gasteiger partial charge in [-0.2, -0.15) is 0 Å². The molecule has 0 aliphatic carbocycles. The van der Waals surface area contributed by atoms with E-state index in [2.05, 4.69) is 33.7 Å². The first-order chi connectivity index (χ1) is 20.2. The van der Waals surface area contributed by atoms with Crippen LogP contribution in [-0.2, 0) is 21.3 Å². The summed E-state index contributed by atoms with van der Waals surface area (Å²) in [5, 5.41) is 0.425. The molecule has 0 saturated carbocycles. The molecule has 0 unspecified atom stereocenters. The SMILES string of the molecule is COc1cc(C)c2[nH]ccc2c1CN1CC[C@H]2C[C@H]1c1ccc(C(=O)NS(=O)(=O)C(C)C)cc1OCCCCCCO2. The summed E-state index contributed by atoms with van der Waals surface area (Å²) in [7, 11) is -2.05. The molecular weight excluding hydrogens is 554 g/mol. The zero-order valence-electron chi connectivity index (χ0n) is 25.1. The highest BCUT2D eigenvalue weighted by molar-refractivity contribution is 7.90. The average molecular weight is 598 g/mol. The van der Waals surface area contributed by atoms with Crippen molar-refractivity contribution in [3.05, 3.63) is 58.8 Å². The number of aromatic nitrogens is 1. The third-order valence-electron chi connectivity index (χ3n) is 8.50. The molecular formula is C32H43N3O6S. The van der Waals surface area contributed by atoms with Gasteiger partial charge >= 0.3 is 0 Å². The van der Waals surface area contributed by atoms with Gasteiger partial charge in [-0.1, -0.05) is 12.5 Å². The first-order valence-corrected chi connectivity index (χ1v) is 16.5. The van der Waals surface area contributed by atoms with Gasteiger partial charge in [-0.3, -0.25) is 9.69 Å². The highest BCUT2D eigenvalue weighted by Gasteiger charge is 2.34. The van der Waals surface area contributed by atoms with Gasteiger partial charge in [0.2, 0.25) is 10.0 Å². The summed E-state index contributed by atoms with van der Waals surface area (Å²) in [6.45, 7) is 7.94. The van der Waals surface area contributed by atoms with Crippen molar-refractivity contribution in [3.63, 3.8) is 0 Å². The Hall–Kier alpha value is -3.08. The summed E-state index contributed by atoms with van der Waals surface area (Å²) >= 11 is 0. The van der Waals surface area contributed by atoms with Crippen LogP contribution in [0, 0.1) is 6.92 Å². The number of carbonyl (C=O) groups is 1. The lowest BCUT2D eigenvalue weighted by Crippen LogP contribution is -2.40. The number of likely N-dealkylation sites (tertiary alicyclic amines) is 1. The number of nitrogens with one attached hydrogen (secondary N) is 2. The highest BCUT2D eigenvalue weighted by atomic mass is 32.2. The van der Waals surface area contributed by atoms with Gasteiger partial charge in [0, 0.05) is 59.5 Å². The number of amides is 1. The van der Waals surface area contributed by atoms with Gasteiger partial charge in [-0.15, -0.1) is 0 Å². The van der Waals surface area contributed by atoms with Crippen LogP contribution >= 0.6 is 0 Å². The van der Waals surface area contributed by atoms with Crippen LogP contribution in [0.4, 0.5) is 0 Å². The van der Waals surface area contributed by atoms with Crippen molar-refractivity contribution in [1.82, 2.24) is 14.6 Å². The predicted molar refractivity (Wildman–Crippen MR) is 164 cm³/mol. The van der Waals surface area contributed by atoms with E-state index in [1.54, 1.807) is 33.1 Å². The Bertz CT molecular complexity index is 1520. The molecule has 1 saturated heterocycles. The largest absolute Gasteiger partial charge is 0.496 e. The minimum atomic E-state index is -3.76. The van der Waals surface area contributed by atoms with Crippen LogP contribution in [-0.4, -0.2) is 62.4 Å². The Kier molecular flexibility index (Phi) is 9.44. The molecule has 3 aromatic rings. The number of aromatic amines is 1. The molecule has 2 aromatic carbocycles. The Morgan fingerprint density at radius 3 is 2.69 bits per heavy atom. The summed E-state index contributed by atoms with van der Waals surface area (Å²) in [5.74, 6) is 0.818. The maximum Gasteiger partial charge on any atom is 0.264 e. The zero-order valence-corrected chi connectivity index (χ0v) is 25.9. The van der Waals surface area contributed by atoms with E-state index in [-0.39, 0.29) is 17.7 Å². The van der Waals surface area contributed by atoms with Crippen molar-refractivity contribution >= 4 is 26.8 Å². The molecule has 42 heavy (non-hydrogen) atoms. The summed E-state index contributed by atoms with van der Waals surface area (Å²) in [5.41, 5.74) is 4.59. The highest BCUT2D eigenvalue weighted by Crippen LogP contribution is 2.41. The van der Waals surface area contributed by atoms with E-state index in [1.807, 2.05) is 12.3 Å². The number of sulfonamides is 1. The van der Waals surface area contributed by atoms with Gasteiger partial charge in [0.25, 0.3) is 5.91 Å². The van der Waals surface area contributed by atoms with E-state index in [0.29, 0.717) is 18.9 Å². The second kappa shape index (κ2) is 13.1. The Morgan fingerprint density at radius 2 is 1.93 bits per heavy atom. The molecule has 1 amide bonds. The molecule has 1 fully saturated rings. The van der Waals surface area contributed by atoms with Crippen LogP contribution in [0.15, 0.2) is 36.5 Å². The summed E-state index contributed by atoms with van der Waals surface area (Å²) < 4.78 is 45.6. The first kappa shape index (κ1) is 30.4. The Morgan fingerprint density at radius 1 is 1.14 bits per heavy atom. The summed E-state index contributed by atoms with van der Waals surface area (Å²) in [6, 6.07) is 9.47. The van der Waals surface area contributed by atoms with Crippen LogP contribution in [0.3, 0.4) is 0 Å². The minimum Gasteiger partial charge on any atom is -0.496 e. The van der Waals surface area contributed by atoms with Crippen molar-refractivity contribution in [2.24, 2.45) is 0 Å². The fraction of sp³-hybridized carbons (Fsp3) is 0.531. The molecule has 1 aromatic heterocycles. The normalized spacial score (nSPS) is 20.6. The molecule has 9 nitrogen and oxygen atoms in total. The number of benzene rings is 2. The topological polar surface area (TPSA) is 110 Å². The quantitative estimate of drug-likeness (QED) is 0.379. The standard InChI is InChI=1S/C32H43N3O6S/c1-21(2)42(37,38)34-32(36)23-9-10-26-28-19-24(40-15-7-5-6-8-16-41-30(26)18-23)12-14-35(28)20-27-25-11-13-33-31(25)22(3)17-29(27)39-4/h9-11,13,17-18,21,24,28,33H,5-8,12,14-16,19-20H2,1-4H3,(H,34,36)/t24-,28-/m0/s1. The van der Waals surface area contributed by atoms with Crippen LogP contribution in [0.2, 0.25) is 0 Å². The van der Waals surface area contributed by atoms with E-state index in [1.165, 1.54) is 0 Å². The van der Waals surface area contributed by atoms with Gasteiger partial charge in [0.05, 0.1) is 25.1 Å². The average Bonchev–Trinajstić information content (AvgIpc) is 3.47. The molecule has 228 valence electrons. The maximum atomic E-state index is 13.0. The monoisotopic (exact) mass is 597 g/mol. The lowest BCUT2D eigenvalue weighted by Gasteiger charge is -2.40. The Labute approximate surface area is 249 Å². The third kappa shape index (κ3) is 6.61. The number of aryl methyl sites for hydroxylation is 1. The van der Waals surface area contributed by atoms with E-state index in [0.717, 1.165) is 85.0 Å². The fourth-order valence-corrected chi connectivity index (χ4v) is 6.61. The van der Waals surface area contributed by atoms with Crippen molar-refractivity contribution in [2.45, 2.75) is 83.2 Å². The van der Waals surface area contributed by atoms with E-state index in [4.69, 9.17) is 14.2 Å². The maximum absolute atomic E-state index is 13.0. The first-order valence-electron chi connectivity index (χ1n) is 15.0. The molecule has 2 N–H and O–H groups in total. The molecule has 2 aliphatic rings. The molecule has 5 rings (SSSR count). The smallest absolute Gasteiger partial charge is 0.264 e. The molecule has 0 radical (unpaired) electrons. The molecule has 2 bridgehead atoms. The van der Waals surface area contributed by atoms with Crippen molar-refractivity contribution in [1.29, 1.82) is 0 Å². The van der Waals surface area contributed by atoms with Crippen LogP contribution in [0.5, 0.6) is 11.5 Å². The number of hydrogen-bond acceptors (Lipinski definition) is 7. The number of nitrogens with zero attached hydrogens (tertiary/aromatic N) is 1. The van der Waals surface area contributed by atoms with Gasteiger partial charge in [-0.05, 0) is 82.7 Å². The molecule has 10 heteroatoms.